The molecule has 0 unspecified atom stereocenters. The van der Waals surface area contributed by atoms with E-state index in [2.05, 4.69) is 10.5 Å². The first-order valence-corrected chi connectivity index (χ1v) is 10.4. The van der Waals surface area contributed by atoms with Crippen LogP contribution >= 0.6 is 23.2 Å². The summed E-state index contributed by atoms with van der Waals surface area (Å²) in [7, 11) is 1.49. The molecule has 0 radical (unpaired) electrons. The zero-order chi connectivity index (χ0) is 23.8. The van der Waals surface area contributed by atoms with Gasteiger partial charge in [-0.2, -0.15) is 5.10 Å². The number of amides is 1. The minimum atomic E-state index is -0.498. The molecule has 0 aliphatic carbocycles. The Morgan fingerprint density at radius 1 is 1.09 bits per heavy atom. The number of hydrogen-bond acceptors (Lipinski definition) is 6. The number of nitrogens with zero attached hydrogens (tertiary/aromatic N) is 2. The highest BCUT2D eigenvalue weighted by molar-refractivity contribution is 6.32. The minimum absolute atomic E-state index is 0.0247. The summed E-state index contributed by atoms with van der Waals surface area (Å²) in [6.07, 6.45) is 1.45. The van der Waals surface area contributed by atoms with E-state index in [0.29, 0.717) is 32.7 Å². The Balaban J connectivity index is 1.60. The average Bonchev–Trinajstić information content (AvgIpc) is 2.79. The minimum Gasteiger partial charge on any atom is -0.493 e. The number of carbonyl (C=O) groups is 1. The number of nitro benzene ring substituents is 1. The van der Waals surface area contributed by atoms with Crippen LogP contribution in [0.15, 0.2) is 65.8 Å². The van der Waals surface area contributed by atoms with E-state index >= 15 is 0 Å². The van der Waals surface area contributed by atoms with Crippen molar-refractivity contribution in [3.63, 3.8) is 0 Å². The Kier molecular flexibility index (Phi) is 8.23. The molecule has 10 heteroatoms. The predicted molar refractivity (Wildman–Crippen MR) is 126 cm³/mol. The molecule has 0 atom stereocenters. The lowest BCUT2D eigenvalue weighted by molar-refractivity contribution is -0.384. The van der Waals surface area contributed by atoms with Crippen molar-refractivity contribution in [3.05, 3.63) is 97.5 Å². The van der Waals surface area contributed by atoms with Crippen molar-refractivity contribution in [2.24, 2.45) is 5.10 Å². The van der Waals surface area contributed by atoms with Gasteiger partial charge in [-0.3, -0.25) is 14.9 Å². The number of hydrazone groups is 1. The van der Waals surface area contributed by atoms with Crippen molar-refractivity contribution >= 4 is 41.0 Å². The van der Waals surface area contributed by atoms with Crippen molar-refractivity contribution < 1.29 is 19.2 Å². The zero-order valence-corrected chi connectivity index (χ0v) is 19.0. The molecule has 0 heterocycles. The number of carbonyl (C=O) groups excluding carboxylic acids is 1. The third-order valence-electron chi connectivity index (χ3n) is 4.46. The molecular weight excluding hydrogens is 469 g/mol. The van der Waals surface area contributed by atoms with Crippen molar-refractivity contribution in [1.82, 2.24) is 5.43 Å². The van der Waals surface area contributed by atoms with Gasteiger partial charge >= 0.3 is 0 Å². The van der Waals surface area contributed by atoms with Gasteiger partial charge in [-0.15, -0.1) is 0 Å². The highest BCUT2D eigenvalue weighted by atomic mass is 35.5. The molecule has 3 aromatic carbocycles. The molecule has 3 rings (SSSR count). The molecule has 0 fully saturated rings. The maximum atomic E-state index is 12.1. The Hall–Kier alpha value is -3.62. The van der Waals surface area contributed by atoms with Crippen LogP contribution in [0.4, 0.5) is 5.69 Å². The summed E-state index contributed by atoms with van der Waals surface area (Å²) in [5.41, 5.74) is 4.50. The van der Waals surface area contributed by atoms with E-state index in [1.54, 1.807) is 24.3 Å². The summed E-state index contributed by atoms with van der Waals surface area (Å²) in [4.78, 5) is 22.3. The predicted octanol–water partition coefficient (Wildman–Crippen LogP) is 5.18. The Morgan fingerprint density at radius 2 is 1.76 bits per heavy atom. The third kappa shape index (κ3) is 6.93. The van der Waals surface area contributed by atoms with Crippen LogP contribution in [0.3, 0.4) is 0 Å². The fourth-order valence-corrected chi connectivity index (χ4v) is 3.23. The van der Waals surface area contributed by atoms with Crippen molar-refractivity contribution in [3.8, 4) is 11.5 Å². The molecule has 0 bridgehead atoms. The molecule has 0 aromatic heterocycles. The maximum absolute atomic E-state index is 12.1. The number of rotatable bonds is 9. The van der Waals surface area contributed by atoms with Gasteiger partial charge in [0.1, 0.15) is 6.61 Å². The van der Waals surface area contributed by atoms with Crippen LogP contribution in [0.2, 0.25) is 10.0 Å². The number of nitro groups is 1. The lowest BCUT2D eigenvalue weighted by atomic mass is 10.1. The zero-order valence-electron chi connectivity index (χ0n) is 17.5. The van der Waals surface area contributed by atoms with Gasteiger partial charge in [-0.25, -0.2) is 5.43 Å². The quantitative estimate of drug-likeness (QED) is 0.254. The van der Waals surface area contributed by atoms with E-state index < -0.39 is 4.92 Å². The number of ether oxygens (including phenoxy) is 2. The van der Waals surface area contributed by atoms with Gasteiger partial charge in [0.15, 0.2) is 11.5 Å². The lowest BCUT2D eigenvalue weighted by Gasteiger charge is -2.13. The largest absolute Gasteiger partial charge is 0.493 e. The Morgan fingerprint density at radius 3 is 2.39 bits per heavy atom. The van der Waals surface area contributed by atoms with Gasteiger partial charge in [0.2, 0.25) is 5.91 Å². The number of nitrogens with one attached hydrogen (secondary N) is 1. The first-order valence-electron chi connectivity index (χ1n) is 9.65. The summed E-state index contributed by atoms with van der Waals surface area (Å²) in [6.45, 7) is 0.277. The van der Waals surface area contributed by atoms with E-state index in [4.69, 9.17) is 32.7 Å². The fourth-order valence-electron chi connectivity index (χ4n) is 2.83. The highest BCUT2D eigenvalue weighted by Gasteiger charge is 2.12. The molecule has 170 valence electrons. The van der Waals surface area contributed by atoms with Crippen molar-refractivity contribution in [2.45, 2.75) is 13.0 Å². The molecule has 8 nitrogen and oxygen atoms in total. The molecule has 3 aromatic rings. The molecule has 0 aliphatic heterocycles. The van der Waals surface area contributed by atoms with Crippen molar-refractivity contribution in [2.75, 3.05) is 7.11 Å². The van der Waals surface area contributed by atoms with Crippen LogP contribution in [-0.4, -0.2) is 24.2 Å². The summed E-state index contributed by atoms with van der Waals surface area (Å²) in [6, 6.07) is 16.3. The monoisotopic (exact) mass is 487 g/mol. The number of benzene rings is 3. The molecule has 0 saturated heterocycles. The second kappa shape index (κ2) is 11.3. The summed E-state index contributed by atoms with van der Waals surface area (Å²) in [5, 5.41) is 15.6. The normalized spacial score (nSPS) is 10.8. The van der Waals surface area contributed by atoms with E-state index in [1.807, 2.05) is 12.1 Å². The molecule has 1 amide bonds. The van der Waals surface area contributed by atoms with E-state index in [-0.39, 0.29) is 24.6 Å². The summed E-state index contributed by atoms with van der Waals surface area (Å²) < 4.78 is 11.2. The molecule has 0 spiro atoms. The van der Waals surface area contributed by atoms with Gasteiger partial charge in [0.05, 0.1) is 29.7 Å². The molecule has 1 N–H and O–H groups in total. The lowest BCUT2D eigenvalue weighted by Crippen LogP contribution is -2.19. The average molecular weight is 488 g/mol. The van der Waals surface area contributed by atoms with Crippen LogP contribution in [0, 0.1) is 10.1 Å². The van der Waals surface area contributed by atoms with Gasteiger partial charge in [0, 0.05) is 17.2 Å². The SMILES string of the molecule is COc1cc(/C=N\NC(=O)Cc2ccc([N+](=O)[O-])cc2)cc(Cl)c1OCc1ccc(Cl)cc1. The van der Waals surface area contributed by atoms with Crippen molar-refractivity contribution in [1.29, 1.82) is 0 Å². The van der Waals surface area contributed by atoms with Crippen LogP contribution < -0.4 is 14.9 Å². The summed E-state index contributed by atoms with van der Waals surface area (Å²) in [5.74, 6) is 0.421. The molecule has 0 saturated carbocycles. The van der Waals surface area contributed by atoms with Crippen LogP contribution in [0.1, 0.15) is 16.7 Å². The number of non-ortho nitro benzene ring substituents is 1. The summed E-state index contributed by atoms with van der Waals surface area (Å²) >= 11 is 12.3. The second-order valence-corrected chi connectivity index (χ2v) is 7.69. The van der Waals surface area contributed by atoms with Gasteiger partial charge in [-0.05, 0) is 41.0 Å². The number of halogens is 2. The standard InChI is InChI=1S/C23H19Cl2N3O5/c1-32-21-11-17(10-20(25)23(21)33-14-16-2-6-18(24)7-3-16)13-26-27-22(29)12-15-4-8-19(9-5-15)28(30)31/h2-11,13H,12,14H2,1H3,(H,27,29)/b26-13-. The third-order valence-corrected chi connectivity index (χ3v) is 5.00. The molecular formula is C23H19Cl2N3O5. The molecule has 33 heavy (non-hydrogen) atoms. The smallest absolute Gasteiger partial charge is 0.269 e. The van der Waals surface area contributed by atoms with E-state index in [1.165, 1.54) is 37.6 Å². The van der Waals surface area contributed by atoms with Gasteiger partial charge in [-0.1, -0.05) is 47.5 Å². The number of hydrogen-bond donors (Lipinski definition) is 1. The highest BCUT2D eigenvalue weighted by Crippen LogP contribution is 2.36. The van der Waals surface area contributed by atoms with Gasteiger partial charge in [0.25, 0.3) is 5.69 Å². The van der Waals surface area contributed by atoms with E-state index in [9.17, 15) is 14.9 Å². The topological polar surface area (TPSA) is 103 Å². The van der Waals surface area contributed by atoms with Crippen LogP contribution in [0.5, 0.6) is 11.5 Å². The molecule has 0 aliphatic rings. The van der Waals surface area contributed by atoms with Crippen LogP contribution in [0.25, 0.3) is 0 Å². The second-order valence-electron chi connectivity index (χ2n) is 6.84. The first-order chi connectivity index (χ1) is 15.9. The Labute approximate surface area is 199 Å². The van der Waals surface area contributed by atoms with Gasteiger partial charge < -0.3 is 9.47 Å². The number of methoxy groups -OCH3 is 1. The maximum Gasteiger partial charge on any atom is 0.269 e. The Bertz CT molecular complexity index is 1170. The first kappa shape index (κ1) is 24.0. The van der Waals surface area contributed by atoms with E-state index in [0.717, 1.165) is 5.56 Å². The fraction of sp³-hybridized carbons (Fsp3) is 0.130. The van der Waals surface area contributed by atoms with Crippen LogP contribution in [-0.2, 0) is 17.8 Å².